The molecule has 37 heavy (non-hydrogen) atoms. The van der Waals surface area contributed by atoms with Crippen molar-refractivity contribution in [2.75, 3.05) is 6.61 Å². The molecule has 0 bridgehead atoms. The second-order valence-electron chi connectivity index (χ2n) is 9.46. The number of benzene rings is 3. The van der Waals surface area contributed by atoms with Crippen molar-refractivity contribution >= 4 is 46.6 Å². The Morgan fingerprint density at radius 3 is 2.41 bits per heavy atom. The lowest BCUT2D eigenvalue weighted by Crippen LogP contribution is -2.22. The average Bonchev–Trinajstić information content (AvgIpc) is 3.71. The average molecular weight is 560 g/mol. The van der Waals surface area contributed by atoms with Gasteiger partial charge in [0.25, 0.3) is 0 Å². The van der Waals surface area contributed by atoms with E-state index in [1.807, 2.05) is 6.07 Å². The molecule has 1 unspecified atom stereocenters. The fourth-order valence-electron chi connectivity index (χ4n) is 4.75. The van der Waals surface area contributed by atoms with Crippen LogP contribution in [0.1, 0.15) is 71.0 Å². The Bertz CT molecular complexity index is 1350. The molecule has 1 atom stereocenters. The van der Waals surface area contributed by atoms with E-state index in [4.69, 9.17) is 44.3 Å². The lowest BCUT2D eigenvalue weighted by atomic mass is 9.90. The molecule has 5 rings (SSSR count). The van der Waals surface area contributed by atoms with Crippen molar-refractivity contribution in [1.29, 1.82) is 0 Å². The summed E-state index contributed by atoms with van der Waals surface area (Å²) in [5.41, 5.74) is 3.02. The molecule has 1 saturated carbocycles. The van der Waals surface area contributed by atoms with Gasteiger partial charge in [-0.25, -0.2) is 0 Å². The molecule has 2 aliphatic rings. The predicted molar refractivity (Wildman–Crippen MR) is 144 cm³/mol. The Morgan fingerprint density at radius 1 is 0.973 bits per heavy atom. The maximum atomic E-state index is 12.7. The number of carboxylic acid groups (broad SMARTS) is 1. The molecule has 3 aromatic rings. The van der Waals surface area contributed by atoms with Crippen LogP contribution in [0, 0.1) is 0 Å². The van der Waals surface area contributed by atoms with Crippen molar-refractivity contribution in [2.45, 2.75) is 50.4 Å². The zero-order chi connectivity index (χ0) is 26.1. The molecule has 0 amide bonds. The van der Waals surface area contributed by atoms with E-state index in [0.717, 1.165) is 24.0 Å². The zero-order valence-corrected chi connectivity index (χ0v) is 22.2. The standard InChI is InChI=1S/C29H25Cl3O5/c30-19-9-6-16(23(31)14-19)2-1-3-25(33)17-7-10-20(11-8-17)37-28-24(32)15-22-21(29(34)35)12-13-36-27(22)26(28)18-4-5-18/h6-11,14-15,18,21H,1-5,12-13H2,(H,34,35). The van der Waals surface area contributed by atoms with Crippen LogP contribution in [0.4, 0.5) is 0 Å². The fourth-order valence-corrected chi connectivity index (χ4v) is 5.51. The van der Waals surface area contributed by atoms with Crippen LogP contribution < -0.4 is 9.47 Å². The number of ether oxygens (including phenoxy) is 2. The molecule has 0 spiro atoms. The molecule has 0 aromatic heterocycles. The summed E-state index contributed by atoms with van der Waals surface area (Å²) in [7, 11) is 0. The molecule has 1 fully saturated rings. The first-order valence-electron chi connectivity index (χ1n) is 12.3. The number of hydrogen-bond acceptors (Lipinski definition) is 4. The molecule has 1 aliphatic heterocycles. The summed E-state index contributed by atoms with van der Waals surface area (Å²) in [5, 5.41) is 11.2. The molecule has 5 nitrogen and oxygen atoms in total. The zero-order valence-electron chi connectivity index (χ0n) is 19.9. The first-order chi connectivity index (χ1) is 17.8. The van der Waals surface area contributed by atoms with Gasteiger partial charge in [-0.2, -0.15) is 0 Å². The minimum Gasteiger partial charge on any atom is -0.493 e. The number of carboxylic acids is 1. The van der Waals surface area contributed by atoms with Crippen LogP contribution in [0.15, 0.2) is 48.5 Å². The third kappa shape index (κ3) is 5.74. The molecule has 8 heteroatoms. The monoisotopic (exact) mass is 558 g/mol. The van der Waals surface area contributed by atoms with E-state index in [1.165, 1.54) is 0 Å². The molecule has 3 aromatic carbocycles. The van der Waals surface area contributed by atoms with E-state index in [1.54, 1.807) is 42.5 Å². The number of carbonyl (C=O) groups excluding carboxylic acids is 1. The number of carbonyl (C=O) groups is 2. The van der Waals surface area contributed by atoms with E-state index >= 15 is 0 Å². The Morgan fingerprint density at radius 2 is 1.73 bits per heavy atom. The minimum absolute atomic E-state index is 0.0373. The van der Waals surface area contributed by atoms with Crippen molar-refractivity contribution in [3.63, 3.8) is 0 Å². The number of Topliss-reactive ketones (excluding diaryl/α,β-unsaturated/α-hetero) is 1. The lowest BCUT2D eigenvalue weighted by molar-refractivity contribution is -0.139. The van der Waals surface area contributed by atoms with Gasteiger partial charge in [0.15, 0.2) is 11.5 Å². The minimum atomic E-state index is -0.882. The van der Waals surface area contributed by atoms with E-state index in [-0.39, 0.29) is 11.7 Å². The van der Waals surface area contributed by atoms with E-state index in [0.29, 0.717) is 75.7 Å². The van der Waals surface area contributed by atoms with Gasteiger partial charge >= 0.3 is 5.97 Å². The van der Waals surface area contributed by atoms with Crippen LogP contribution in [0.2, 0.25) is 15.1 Å². The van der Waals surface area contributed by atoms with E-state index in [9.17, 15) is 14.7 Å². The van der Waals surface area contributed by atoms with Crippen molar-refractivity contribution in [3.8, 4) is 17.2 Å². The van der Waals surface area contributed by atoms with Crippen LogP contribution >= 0.6 is 34.8 Å². The van der Waals surface area contributed by atoms with Crippen LogP contribution in [-0.2, 0) is 11.2 Å². The summed E-state index contributed by atoms with van der Waals surface area (Å²) in [6.45, 7) is 0.339. The quantitative estimate of drug-likeness (QED) is 0.266. The maximum absolute atomic E-state index is 12.7. The molecule has 1 N–H and O–H groups in total. The van der Waals surface area contributed by atoms with Gasteiger partial charge in [-0.3, -0.25) is 9.59 Å². The van der Waals surface area contributed by atoms with Crippen LogP contribution in [0.25, 0.3) is 0 Å². The number of ketones is 1. The van der Waals surface area contributed by atoms with Gasteiger partial charge in [0.1, 0.15) is 11.5 Å². The molecule has 0 saturated heterocycles. The second-order valence-corrected chi connectivity index (χ2v) is 10.7. The van der Waals surface area contributed by atoms with Crippen LogP contribution in [-0.4, -0.2) is 23.5 Å². The first-order valence-corrected chi connectivity index (χ1v) is 13.4. The molecule has 192 valence electrons. The van der Waals surface area contributed by atoms with Gasteiger partial charge in [0, 0.05) is 33.2 Å². The van der Waals surface area contributed by atoms with Crippen molar-refractivity contribution < 1.29 is 24.2 Å². The van der Waals surface area contributed by atoms with E-state index in [2.05, 4.69) is 0 Å². The molecular formula is C29H25Cl3O5. The number of halogens is 3. The highest BCUT2D eigenvalue weighted by molar-refractivity contribution is 6.35. The second kappa shape index (κ2) is 10.9. The third-order valence-electron chi connectivity index (χ3n) is 6.82. The number of aliphatic carboxylic acids is 1. The van der Waals surface area contributed by atoms with Gasteiger partial charge in [0.05, 0.1) is 17.5 Å². The number of hydrogen-bond donors (Lipinski definition) is 1. The fraction of sp³-hybridized carbons (Fsp3) is 0.310. The van der Waals surface area contributed by atoms with Crippen LogP contribution in [0.5, 0.6) is 17.2 Å². The molecule has 1 heterocycles. The highest BCUT2D eigenvalue weighted by atomic mass is 35.5. The highest BCUT2D eigenvalue weighted by Crippen LogP contribution is 2.55. The van der Waals surface area contributed by atoms with Gasteiger partial charge in [-0.1, -0.05) is 40.9 Å². The Balaban J connectivity index is 1.29. The topological polar surface area (TPSA) is 72.8 Å². The SMILES string of the molecule is O=C(CCCc1ccc(Cl)cc1Cl)c1ccc(Oc2c(Cl)cc3c(c2C2CC2)OCCC3C(=O)O)cc1. The Kier molecular flexibility index (Phi) is 7.66. The lowest BCUT2D eigenvalue weighted by Gasteiger charge is -2.27. The summed E-state index contributed by atoms with van der Waals surface area (Å²) in [6.07, 6.45) is 4.10. The predicted octanol–water partition coefficient (Wildman–Crippen LogP) is 8.47. The summed E-state index contributed by atoms with van der Waals surface area (Å²) in [6, 6.07) is 14.0. The number of aryl methyl sites for hydroxylation is 1. The summed E-state index contributed by atoms with van der Waals surface area (Å²) >= 11 is 18.8. The summed E-state index contributed by atoms with van der Waals surface area (Å²) < 4.78 is 12.1. The normalized spacial score (nSPS) is 16.6. The van der Waals surface area contributed by atoms with Crippen molar-refractivity contribution in [1.82, 2.24) is 0 Å². The van der Waals surface area contributed by atoms with Crippen LogP contribution in [0.3, 0.4) is 0 Å². The van der Waals surface area contributed by atoms with Crippen molar-refractivity contribution in [2.24, 2.45) is 0 Å². The summed E-state index contributed by atoms with van der Waals surface area (Å²) in [4.78, 5) is 24.5. The smallest absolute Gasteiger partial charge is 0.311 e. The molecule has 0 radical (unpaired) electrons. The maximum Gasteiger partial charge on any atom is 0.311 e. The molecule has 1 aliphatic carbocycles. The van der Waals surface area contributed by atoms with Gasteiger partial charge in [-0.15, -0.1) is 0 Å². The first kappa shape index (κ1) is 25.9. The third-order valence-corrected chi connectivity index (χ3v) is 7.69. The van der Waals surface area contributed by atoms with E-state index < -0.39 is 11.9 Å². The molecular weight excluding hydrogens is 535 g/mol. The largest absolute Gasteiger partial charge is 0.493 e. The summed E-state index contributed by atoms with van der Waals surface area (Å²) in [5.74, 6) is 0.362. The Hall–Kier alpha value is -2.73. The highest BCUT2D eigenvalue weighted by Gasteiger charge is 2.38. The number of fused-ring (bicyclic) bond motifs is 1. The Labute approximate surface area is 230 Å². The number of rotatable bonds is 9. The van der Waals surface area contributed by atoms with Gasteiger partial charge in [0.2, 0.25) is 0 Å². The van der Waals surface area contributed by atoms with Crippen molar-refractivity contribution in [3.05, 3.63) is 85.9 Å². The van der Waals surface area contributed by atoms with Gasteiger partial charge < -0.3 is 14.6 Å². The van der Waals surface area contributed by atoms with Gasteiger partial charge in [-0.05, 0) is 86.1 Å².